The number of hydrogen-bond acceptors (Lipinski definition) is 6. The predicted molar refractivity (Wildman–Crippen MR) is 109 cm³/mol. The molecular weight excluding hydrogens is 408 g/mol. The quantitative estimate of drug-likeness (QED) is 0.499. The number of benzene rings is 1. The summed E-state index contributed by atoms with van der Waals surface area (Å²) in [6.45, 7) is 1.35. The molecule has 3 aromatic heterocycles. The highest BCUT2D eigenvalue weighted by Gasteiger charge is 2.22. The molecule has 1 amide bonds. The van der Waals surface area contributed by atoms with Gasteiger partial charge in [-0.05, 0) is 37.1 Å². The molecule has 0 radical (unpaired) electrons. The summed E-state index contributed by atoms with van der Waals surface area (Å²) >= 11 is 6.04. The molecule has 1 aromatic carbocycles. The molecule has 5 rings (SSSR count). The number of pyridine rings is 1. The molecule has 4 aromatic rings. The molecule has 9 nitrogen and oxygen atoms in total. The summed E-state index contributed by atoms with van der Waals surface area (Å²) in [5, 5.41) is 8.94. The number of carbonyl (C=O) groups is 1. The second-order valence-electron chi connectivity index (χ2n) is 7.08. The summed E-state index contributed by atoms with van der Waals surface area (Å²) in [5.41, 5.74) is 1.17. The lowest BCUT2D eigenvalue weighted by molar-refractivity contribution is -0.131. The largest absolute Gasteiger partial charge is 0.350 e. The van der Waals surface area contributed by atoms with Gasteiger partial charge in [-0.3, -0.25) is 4.79 Å². The highest BCUT2D eigenvalue weighted by molar-refractivity contribution is 6.30. The first-order chi connectivity index (χ1) is 14.6. The van der Waals surface area contributed by atoms with Crippen LogP contribution in [0.25, 0.3) is 28.5 Å². The van der Waals surface area contributed by atoms with Crippen LogP contribution in [-0.2, 0) is 11.3 Å². The molecule has 1 aliphatic rings. The van der Waals surface area contributed by atoms with Crippen molar-refractivity contribution in [3.05, 3.63) is 58.1 Å². The number of carbonyl (C=O) groups excluding carboxylic acids is 1. The first-order valence-electron chi connectivity index (χ1n) is 9.56. The van der Waals surface area contributed by atoms with Gasteiger partial charge in [0, 0.05) is 29.9 Å². The summed E-state index contributed by atoms with van der Waals surface area (Å²) in [7, 11) is 0. The van der Waals surface area contributed by atoms with Gasteiger partial charge < -0.3 is 9.42 Å². The van der Waals surface area contributed by atoms with E-state index in [-0.39, 0.29) is 18.3 Å². The van der Waals surface area contributed by atoms with Crippen molar-refractivity contribution in [2.75, 3.05) is 13.1 Å². The molecule has 0 aliphatic carbocycles. The monoisotopic (exact) mass is 424 g/mol. The van der Waals surface area contributed by atoms with Crippen LogP contribution in [-0.4, -0.2) is 48.2 Å². The molecule has 30 heavy (non-hydrogen) atoms. The summed E-state index contributed by atoms with van der Waals surface area (Å²) in [5.74, 6) is 0.486. The van der Waals surface area contributed by atoms with Crippen molar-refractivity contribution in [2.24, 2.45) is 0 Å². The molecule has 10 heteroatoms. The Hall–Kier alpha value is -3.46. The Kier molecular flexibility index (Phi) is 4.59. The second kappa shape index (κ2) is 7.42. The van der Waals surface area contributed by atoms with E-state index in [2.05, 4.69) is 15.2 Å². The second-order valence-corrected chi connectivity index (χ2v) is 7.51. The number of halogens is 1. The normalized spacial score (nSPS) is 14.0. The maximum atomic E-state index is 12.7. The van der Waals surface area contributed by atoms with Crippen LogP contribution in [0.3, 0.4) is 0 Å². The van der Waals surface area contributed by atoms with Crippen LogP contribution < -0.4 is 5.69 Å². The zero-order valence-electron chi connectivity index (χ0n) is 15.9. The average molecular weight is 425 g/mol. The minimum absolute atomic E-state index is 0.0997. The summed E-state index contributed by atoms with van der Waals surface area (Å²) in [4.78, 5) is 31.4. The Morgan fingerprint density at radius 1 is 1.17 bits per heavy atom. The maximum absolute atomic E-state index is 12.7. The van der Waals surface area contributed by atoms with E-state index in [1.54, 1.807) is 41.4 Å². The molecule has 4 heterocycles. The molecule has 1 fully saturated rings. The highest BCUT2D eigenvalue weighted by atomic mass is 35.5. The van der Waals surface area contributed by atoms with Crippen LogP contribution in [0.15, 0.2) is 51.9 Å². The molecule has 0 saturated carbocycles. The lowest BCUT2D eigenvalue weighted by Crippen LogP contribution is -2.34. The van der Waals surface area contributed by atoms with Crippen LogP contribution >= 0.6 is 11.6 Å². The fourth-order valence-electron chi connectivity index (χ4n) is 3.58. The van der Waals surface area contributed by atoms with Crippen molar-refractivity contribution >= 4 is 23.2 Å². The average Bonchev–Trinajstić information content (AvgIpc) is 3.49. The SMILES string of the molecule is O=C(Cn1nc2c(-c3nc(-c4cccc(Cl)c4)no3)cccn2c1=O)N1CCCC1. The fourth-order valence-corrected chi connectivity index (χ4v) is 3.77. The van der Waals surface area contributed by atoms with Crippen LogP contribution in [0.5, 0.6) is 0 Å². The summed E-state index contributed by atoms with van der Waals surface area (Å²) in [6, 6.07) is 10.6. The predicted octanol–water partition coefficient (Wildman–Crippen LogP) is 2.49. The number of nitrogens with zero attached hydrogens (tertiary/aromatic N) is 6. The molecular formula is C20H17ClN6O3. The van der Waals surface area contributed by atoms with Gasteiger partial charge in [0.05, 0.1) is 5.56 Å². The van der Waals surface area contributed by atoms with Gasteiger partial charge in [-0.1, -0.05) is 28.9 Å². The Bertz CT molecular complexity index is 1300. The third-order valence-electron chi connectivity index (χ3n) is 5.09. The van der Waals surface area contributed by atoms with Gasteiger partial charge in [0.15, 0.2) is 5.65 Å². The lowest BCUT2D eigenvalue weighted by Gasteiger charge is -2.14. The Morgan fingerprint density at radius 3 is 2.80 bits per heavy atom. The van der Waals surface area contributed by atoms with E-state index >= 15 is 0 Å². The fraction of sp³-hybridized carbons (Fsp3) is 0.250. The Balaban J connectivity index is 1.51. The van der Waals surface area contributed by atoms with Crippen LogP contribution in [0.1, 0.15) is 12.8 Å². The third-order valence-corrected chi connectivity index (χ3v) is 5.33. The van der Waals surface area contributed by atoms with E-state index in [1.165, 1.54) is 9.08 Å². The molecule has 0 unspecified atom stereocenters. The molecule has 0 N–H and O–H groups in total. The van der Waals surface area contributed by atoms with Gasteiger partial charge in [-0.15, -0.1) is 5.10 Å². The van der Waals surface area contributed by atoms with Crippen molar-refractivity contribution in [2.45, 2.75) is 19.4 Å². The first kappa shape index (κ1) is 18.6. The molecule has 1 saturated heterocycles. The van der Waals surface area contributed by atoms with Crippen molar-refractivity contribution in [1.82, 2.24) is 29.2 Å². The zero-order chi connectivity index (χ0) is 20.7. The molecule has 152 valence electrons. The van der Waals surface area contributed by atoms with Crippen molar-refractivity contribution in [3.8, 4) is 22.8 Å². The number of hydrogen-bond donors (Lipinski definition) is 0. The standard InChI is InChI=1S/C20H17ClN6O3/c21-14-6-3-5-13(11-14)17-22-19(30-24-17)15-7-4-10-26-18(15)23-27(20(26)29)12-16(28)25-8-1-2-9-25/h3-7,10-11H,1-2,8-9,12H2. The first-order valence-corrected chi connectivity index (χ1v) is 9.94. The minimum atomic E-state index is -0.394. The highest BCUT2D eigenvalue weighted by Crippen LogP contribution is 2.25. The van der Waals surface area contributed by atoms with Gasteiger partial charge >= 0.3 is 5.69 Å². The zero-order valence-corrected chi connectivity index (χ0v) is 16.6. The van der Waals surface area contributed by atoms with Crippen LogP contribution in [0.4, 0.5) is 0 Å². The molecule has 0 atom stereocenters. The smallest absolute Gasteiger partial charge is 0.341 e. The number of likely N-dealkylation sites (tertiary alicyclic amines) is 1. The third kappa shape index (κ3) is 3.26. The summed E-state index contributed by atoms with van der Waals surface area (Å²) in [6.07, 6.45) is 3.57. The molecule has 0 bridgehead atoms. The molecule has 1 aliphatic heterocycles. The van der Waals surface area contributed by atoms with E-state index in [1.807, 2.05) is 6.07 Å². The number of rotatable bonds is 4. The van der Waals surface area contributed by atoms with E-state index in [0.29, 0.717) is 27.6 Å². The van der Waals surface area contributed by atoms with Gasteiger partial charge in [-0.25, -0.2) is 13.9 Å². The number of aromatic nitrogens is 5. The topological polar surface area (TPSA) is 98.5 Å². The maximum Gasteiger partial charge on any atom is 0.350 e. The lowest BCUT2D eigenvalue weighted by atomic mass is 10.2. The number of fused-ring (bicyclic) bond motifs is 1. The van der Waals surface area contributed by atoms with Crippen molar-refractivity contribution in [3.63, 3.8) is 0 Å². The Labute approximate surface area is 175 Å². The van der Waals surface area contributed by atoms with E-state index < -0.39 is 5.69 Å². The van der Waals surface area contributed by atoms with Crippen molar-refractivity contribution in [1.29, 1.82) is 0 Å². The van der Waals surface area contributed by atoms with E-state index in [9.17, 15) is 9.59 Å². The summed E-state index contributed by atoms with van der Waals surface area (Å²) < 4.78 is 7.97. The van der Waals surface area contributed by atoms with Gasteiger partial charge in [0.1, 0.15) is 6.54 Å². The van der Waals surface area contributed by atoms with Crippen LogP contribution in [0, 0.1) is 0 Å². The van der Waals surface area contributed by atoms with Gasteiger partial charge in [0.2, 0.25) is 11.7 Å². The van der Waals surface area contributed by atoms with Gasteiger partial charge in [0.25, 0.3) is 5.89 Å². The van der Waals surface area contributed by atoms with Crippen LogP contribution in [0.2, 0.25) is 5.02 Å². The molecule has 0 spiro atoms. The Morgan fingerprint density at radius 2 is 2.00 bits per heavy atom. The van der Waals surface area contributed by atoms with E-state index in [0.717, 1.165) is 25.9 Å². The van der Waals surface area contributed by atoms with Gasteiger partial charge in [-0.2, -0.15) is 4.98 Å². The van der Waals surface area contributed by atoms with E-state index in [4.69, 9.17) is 16.1 Å². The van der Waals surface area contributed by atoms with Crippen molar-refractivity contribution < 1.29 is 9.32 Å². The number of amides is 1. The minimum Gasteiger partial charge on any atom is -0.341 e.